The minimum atomic E-state index is -0.129. The van der Waals surface area contributed by atoms with Gasteiger partial charge in [-0.3, -0.25) is 4.79 Å². The molecule has 4 aromatic rings. The van der Waals surface area contributed by atoms with Crippen LogP contribution in [0.4, 0.5) is 0 Å². The zero-order valence-electron chi connectivity index (χ0n) is 14.7. The summed E-state index contributed by atoms with van der Waals surface area (Å²) in [6.07, 6.45) is 0.691. The molecule has 0 atom stereocenters. The molecule has 1 amide bonds. The van der Waals surface area contributed by atoms with Crippen LogP contribution in [0.15, 0.2) is 53.9 Å². The molecule has 6 heteroatoms. The molecule has 0 spiro atoms. The van der Waals surface area contributed by atoms with E-state index in [9.17, 15) is 4.79 Å². The second-order valence-electron chi connectivity index (χ2n) is 6.26. The lowest BCUT2D eigenvalue weighted by Gasteiger charge is -2.02. The van der Waals surface area contributed by atoms with Crippen LogP contribution in [-0.4, -0.2) is 17.4 Å². The first kappa shape index (κ1) is 18.2. The van der Waals surface area contributed by atoms with E-state index in [0.29, 0.717) is 22.9 Å². The molecule has 0 fully saturated rings. The van der Waals surface area contributed by atoms with Gasteiger partial charge in [-0.25, -0.2) is 4.98 Å². The maximum Gasteiger partial charge on any atom is 0.262 e. The van der Waals surface area contributed by atoms with E-state index in [4.69, 9.17) is 11.6 Å². The zero-order valence-corrected chi connectivity index (χ0v) is 17.0. The SMILES string of the molecule is Cc1ccc(-c2nc(CCNC(=O)c3sc4ccccc4c3Cl)cs2)cc1. The van der Waals surface area contributed by atoms with E-state index in [1.165, 1.54) is 16.9 Å². The zero-order chi connectivity index (χ0) is 18.8. The van der Waals surface area contributed by atoms with Crippen LogP contribution in [0.25, 0.3) is 20.7 Å². The molecule has 0 aliphatic rings. The molecule has 0 aliphatic heterocycles. The van der Waals surface area contributed by atoms with E-state index in [1.807, 2.05) is 29.6 Å². The van der Waals surface area contributed by atoms with Gasteiger partial charge in [-0.1, -0.05) is 59.6 Å². The Morgan fingerprint density at radius 2 is 1.93 bits per heavy atom. The van der Waals surface area contributed by atoms with Gasteiger partial charge in [0, 0.05) is 34.0 Å². The Balaban J connectivity index is 1.39. The number of nitrogens with one attached hydrogen (secondary N) is 1. The van der Waals surface area contributed by atoms with Crippen LogP contribution in [-0.2, 0) is 6.42 Å². The number of amides is 1. The molecule has 0 radical (unpaired) electrons. The van der Waals surface area contributed by atoms with Crippen molar-refractivity contribution in [2.45, 2.75) is 13.3 Å². The lowest BCUT2D eigenvalue weighted by atomic mass is 10.2. The highest BCUT2D eigenvalue weighted by atomic mass is 35.5. The molecule has 2 heterocycles. The van der Waals surface area contributed by atoms with Crippen LogP contribution >= 0.6 is 34.3 Å². The lowest BCUT2D eigenvalue weighted by Crippen LogP contribution is -2.25. The summed E-state index contributed by atoms with van der Waals surface area (Å²) >= 11 is 9.42. The molecule has 1 N–H and O–H groups in total. The predicted octanol–water partition coefficient (Wildman–Crippen LogP) is 5.96. The van der Waals surface area contributed by atoms with E-state index in [1.54, 1.807) is 11.3 Å². The van der Waals surface area contributed by atoms with Gasteiger partial charge in [0.2, 0.25) is 0 Å². The third-order valence-corrected chi connectivity index (χ3v) is 6.87. The first-order chi connectivity index (χ1) is 13.1. The third-order valence-electron chi connectivity index (χ3n) is 4.26. The maximum atomic E-state index is 12.5. The van der Waals surface area contributed by atoms with Gasteiger partial charge in [0.15, 0.2) is 0 Å². The maximum absolute atomic E-state index is 12.5. The van der Waals surface area contributed by atoms with Crippen LogP contribution in [0.3, 0.4) is 0 Å². The Kier molecular flexibility index (Phi) is 5.25. The highest BCUT2D eigenvalue weighted by Crippen LogP contribution is 2.35. The van der Waals surface area contributed by atoms with Crippen molar-refractivity contribution >= 4 is 50.3 Å². The smallest absolute Gasteiger partial charge is 0.262 e. The van der Waals surface area contributed by atoms with Crippen molar-refractivity contribution in [1.82, 2.24) is 10.3 Å². The number of hydrogen-bond acceptors (Lipinski definition) is 4. The summed E-state index contributed by atoms with van der Waals surface area (Å²) in [4.78, 5) is 17.7. The summed E-state index contributed by atoms with van der Waals surface area (Å²) in [5, 5.41) is 7.47. The van der Waals surface area contributed by atoms with Crippen LogP contribution in [0.1, 0.15) is 20.9 Å². The number of hydrogen-bond donors (Lipinski definition) is 1. The number of carbonyl (C=O) groups is 1. The lowest BCUT2D eigenvalue weighted by molar-refractivity contribution is 0.0958. The highest BCUT2D eigenvalue weighted by molar-refractivity contribution is 7.21. The second kappa shape index (κ2) is 7.80. The normalized spacial score (nSPS) is 11.0. The summed E-state index contributed by atoms with van der Waals surface area (Å²) in [6.45, 7) is 2.60. The predicted molar refractivity (Wildman–Crippen MR) is 115 cm³/mol. The average molecular weight is 413 g/mol. The Bertz CT molecular complexity index is 1100. The van der Waals surface area contributed by atoms with Crippen LogP contribution in [0.5, 0.6) is 0 Å². The largest absolute Gasteiger partial charge is 0.351 e. The van der Waals surface area contributed by atoms with Crippen molar-refractivity contribution in [3.05, 3.63) is 75.1 Å². The summed E-state index contributed by atoms with van der Waals surface area (Å²) in [5.74, 6) is -0.129. The van der Waals surface area contributed by atoms with Crippen molar-refractivity contribution in [2.75, 3.05) is 6.54 Å². The number of aryl methyl sites for hydroxylation is 1. The summed E-state index contributed by atoms with van der Waals surface area (Å²) in [6, 6.07) is 16.1. The van der Waals surface area contributed by atoms with Crippen molar-refractivity contribution < 1.29 is 4.79 Å². The molecule has 0 saturated carbocycles. The van der Waals surface area contributed by atoms with Gasteiger partial charge in [0.1, 0.15) is 9.88 Å². The molecule has 0 unspecified atom stereocenters. The Morgan fingerprint density at radius 3 is 2.70 bits per heavy atom. The van der Waals surface area contributed by atoms with Gasteiger partial charge in [-0.05, 0) is 13.0 Å². The quantitative estimate of drug-likeness (QED) is 0.439. The number of fused-ring (bicyclic) bond motifs is 1. The standard InChI is InChI=1S/C21H17ClN2OS2/c1-13-6-8-14(9-7-13)21-24-15(12-26-21)10-11-23-20(25)19-18(22)16-4-2-3-5-17(16)27-19/h2-9,12H,10-11H2,1H3,(H,23,25). The van der Waals surface area contributed by atoms with Crippen LogP contribution in [0.2, 0.25) is 5.02 Å². The number of rotatable bonds is 5. The van der Waals surface area contributed by atoms with Crippen LogP contribution in [0, 0.1) is 6.92 Å². The first-order valence-electron chi connectivity index (χ1n) is 8.58. The molecule has 136 valence electrons. The molecule has 2 aromatic carbocycles. The van der Waals surface area contributed by atoms with Gasteiger partial charge >= 0.3 is 0 Å². The van der Waals surface area contributed by atoms with Gasteiger partial charge in [-0.2, -0.15) is 0 Å². The number of halogens is 1. The summed E-state index contributed by atoms with van der Waals surface area (Å²) < 4.78 is 1.02. The molecular formula is C21H17ClN2OS2. The number of thiophene rings is 1. The fourth-order valence-corrected chi connectivity index (χ4v) is 5.09. The van der Waals surface area contributed by atoms with Crippen molar-refractivity contribution in [2.24, 2.45) is 0 Å². The Morgan fingerprint density at radius 1 is 1.15 bits per heavy atom. The van der Waals surface area contributed by atoms with E-state index < -0.39 is 0 Å². The van der Waals surface area contributed by atoms with E-state index in [0.717, 1.165) is 26.4 Å². The second-order valence-corrected chi connectivity index (χ2v) is 8.55. The summed E-state index contributed by atoms with van der Waals surface area (Å²) in [5.41, 5.74) is 3.34. The molecule has 3 nitrogen and oxygen atoms in total. The Labute approximate surface area is 170 Å². The van der Waals surface area contributed by atoms with E-state index in [-0.39, 0.29) is 5.91 Å². The van der Waals surface area contributed by atoms with E-state index in [2.05, 4.69) is 41.5 Å². The molecule has 2 aromatic heterocycles. The molecule has 4 rings (SSSR count). The molecule has 0 aliphatic carbocycles. The van der Waals surface area contributed by atoms with Gasteiger partial charge in [0.25, 0.3) is 5.91 Å². The highest BCUT2D eigenvalue weighted by Gasteiger charge is 2.16. The van der Waals surface area contributed by atoms with Crippen molar-refractivity contribution in [3.63, 3.8) is 0 Å². The minimum Gasteiger partial charge on any atom is -0.351 e. The monoisotopic (exact) mass is 412 g/mol. The fraction of sp³-hybridized carbons (Fsp3) is 0.143. The number of nitrogens with zero attached hydrogens (tertiary/aromatic N) is 1. The molecule has 0 saturated heterocycles. The Hall–Kier alpha value is -2.21. The topological polar surface area (TPSA) is 42.0 Å². The van der Waals surface area contributed by atoms with Crippen molar-refractivity contribution in [3.8, 4) is 10.6 Å². The first-order valence-corrected chi connectivity index (χ1v) is 10.7. The number of benzene rings is 2. The molecular weight excluding hydrogens is 396 g/mol. The van der Waals surface area contributed by atoms with Gasteiger partial charge < -0.3 is 5.32 Å². The number of carbonyl (C=O) groups excluding carboxylic acids is 1. The van der Waals surface area contributed by atoms with Crippen LogP contribution < -0.4 is 5.32 Å². The fourth-order valence-electron chi connectivity index (χ4n) is 2.79. The van der Waals surface area contributed by atoms with Gasteiger partial charge in [-0.15, -0.1) is 22.7 Å². The number of thiazole rings is 1. The summed E-state index contributed by atoms with van der Waals surface area (Å²) in [7, 11) is 0. The third kappa shape index (κ3) is 3.90. The average Bonchev–Trinajstić information content (AvgIpc) is 3.28. The van der Waals surface area contributed by atoms with Crippen molar-refractivity contribution in [1.29, 1.82) is 0 Å². The number of aromatic nitrogens is 1. The van der Waals surface area contributed by atoms with E-state index >= 15 is 0 Å². The molecule has 27 heavy (non-hydrogen) atoms. The minimum absolute atomic E-state index is 0.129. The van der Waals surface area contributed by atoms with Gasteiger partial charge in [0.05, 0.1) is 10.7 Å². The molecule has 0 bridgehead atoms.